The molecule has 0 aliphatic carbocycles. The molecule has 0 atom stereocenters. The summed E-state index contributed by atoms with van der Waals surface area (Å²) >= 11 is 0. The van der Waals surface area contributed by atoms with Gasteiger partial charge in [0.25, 0.3) is 0 Å². The lowest BCUT2D eigenvalue weighted by atomic mass is 10.1. The Bertz CT molecular complexity index is 737. The maximum Gasteiger partial charge on any atom is 0.214 e. The lowest BCUT2D eigenvalue weighted by Gasteiger charge is -2.04. The van der Waals surface area contributed by atoms with Gasteiger partial charge in [-0.1, -0.05) is 6.07 Å². The lowest BCUT2D eigenvalue weighted by Crippen LogP contribution is -2.06. The maximum absolute atomic E-state index is 13.1. The van der Waals surface area contributed by atoms with Crippen molar-refractivity contribution in [2.75, 3.05) is 11.9 Å². The molecule has 0 unspecified atom stereocenters. The van der Waals surface area contributed by atoms with E-state index in [9.17, 15) is 8.78 Å². The highest BCUT2D eigenvalue weighted by Crippen LogP contribution is 2.19. The largest absolute Gasteiger partial charge is 0.370 e. The fourth-order valence-electron chi connectivity index (χ4n) is 2.20. The van der Waals surface area contributed by atoms with E-state index in [-0.39, 0.29) is 5.82 Å². The average Bonchev–Trinajstić information content (AvgIpc) is 2.81. The minimum atomic E-state index is -0.502. The molecule has 0 saturated heterocycles. The van der Waals surface area contributed by atoms with Crippen molar-refractivity contribution in [2.24, 2.45) is 0 Å². The van der Waals surface area contributed by atoms with Crippen LogP contribution in [0.1, 0.15) is 5.56 Å². The summed E-state index contributed by atoms with van der Waals surface area (Å²) in [7, 11) is 0. The fraction of sp³-hybridized carbons (Fsp3) is 0.133. The smallest absolute Gasteiger partial charge is 0.214 e. The second-order valence-corrected chi connectivity index (χ2v) is 4.53. The summed E-state index contributed by atoms with van der Waals surface area (Å²) in [5, 5.41) is 4.06. The number of nitrogens with one attached hydrogen (secondary N) is 2. The number of nitrogens with zero attached hydrogens (tertiary/aromatic N) is 1. The molecule has 2 heterocycles. The Morgan fingerprint density at radius 1 is 1.15 bits per heavy atom. The third-order valence-corrected chi connectivity index (χ3v) is 3.15. The van der Waals surface area contributed by atoms with E-state index in [0.717, 1.165) is 22.9 Å². The number of aromatic nitrogens is 2. The molecule has 0 radical (unpaired) electrons. The molecular weight excluding hydrogens is 260 g/mol. The molecule has 5 heteroatoms. The van der Waals surface area contributed by atoms with Crippen molar-refractivity contribution >= 4 is 16.7 Å². The Morgan fingerprint density at radius 2 is 2.05 bits per heavy atom. The van der Waals surface area contributed by atoms with Gasteiger partial charge in [-0.25, -0.2) is 9.37 Å². The van der Waals surface area contributed by atoms with E-state index in [4.69, 9.17) is 0 Å². The first-order chi connectivity index (χ1) is 9.72. The summed E-state index contributed by atoms with van der Waals surface area (Å²) in [6, 6.07) is 9.31. The summed E-state index contributed by atoms with van der Waals surface area (Å²) in [4.78, 5) is 6.77. The van der Waals surface area contributed by atoms with Gasteiger partial charge in [-0.3, -0.25) is 0 Å². The van der Waals surface area contributed by atoms with E-state index in [1.165, 1.54) is 18.2 Å². The van der Waals surface area contributed by atoms with Crippen LogP contribution >= 0.6 is 0 Å². The average molecular weight is 273 g/mol. The number of H-pyrrole nitrogens is 1. The predicted octanol–water partition coefficient (Wildman–Crippen LogP) is 3.50. The third kappa shape index (κ3) is 2.61. The molecule has 0 saturated carbocycles. The van der Waals surface area contributed by atoms with Crippen LogP contribution in [0.3, 0.4) is 0 Å². The van der Waals surface area contributed by atoms with E-state index in [1.807, 2.05) is 6.20 Å². The normalized spacial score (nSPS) is 10.9. The predicted molar refractivity (Wildman–Crippen MR) is 74.6 cm³/mol. The minimum Gasteiger partial charge on any atom is -0.370 e. The van der Waals surface area contributed by atoms with Crippen LogP contribution in [0.2, 0.25) is 0 Å². The first-order valence-corrected chi connectivity index (χ1v) is 6.34. The fourth-order valence-corrected chi connectivity index (χ4v) is 2.20. The Hall–Kier alpha value is -2.43. The van der Waals surface area contributed by atoms with Crippen LogP contribution in [0.5, 0.6) is 0 Å². The number of halogens is 2. The van der Waals surface area contributed by atoms with Crippen LogP contribution in [0.25, 0.3) is 10.9 Å². The molecule has 3 rings (SSSR count). The topological polar surface area (TPSA) is 40.7 Å². The molecule has 0 bridgehead atoms. The van der Waals surface area contributed by atoms with Gasteiger partial charge in [0.15, 0.2) is 0 Å². The van der Waals surface area contributed by atoms with Crippen molar-refractivity contribution in [1.29, 1.82) is 0 Å². The van der Waals surface area contributed by atoms with Crippen LogP contribution in [-0.2, 0) is 6.42 Å². The first-order valence-electron chi connectivity index (χ1n) is 6.34. The Morgan fingerprint density at radius 3 is 2.90 bits per heavy atom. The zero-order chi connectivity index (χ0) is 13.9. The summed E-state index contributed by atoms with van der Waals surface area (Å²) in [6.07, 6.45) is 2.61. The quantitative estimate of drug-likeness (QED) is 0.714. The number of anilines is 1. The van der Waals surface area contributed by atoms with Gasteiger partial charge < -0.3 is 10.3 Å². The number of aromatic amines is 1. The van der Waals surface area contributed by atoms with Crippen molar-refractivity contribution < 1.29 is 8.78 Å². The van der Waals surface area contributed by atoms with Crippen LogP contribution in [-0.4, -0.2) is 16.5 Å². The van der Waals surface area contributed by atoms with E-state index in [0.29, 0.717) is 12.4 Å². The molecule has 20 heavy (non-hydrogen) atoms. The van der Waals surface area contributed by atoms with Gasteiger partial charge in [0.05, 0.1) is 0 Å². The number of hydrogen-bond donors (Lipinski definition) is 2. The molecule has 0 spiro atoms. The molecular formula is C15H13F2N3. The summed E-state index contributed by atoms with van der Waals surface area (Å²) in [5.41, 5.74) is 1.87. The molecule has 2 aromatic heterocycles. The second-order valence-electron chi connectivity index (χ2n) is 4.53. The minimum absolute atomic E-state index is 0.256. The van der Waals surface area contributed by atoms with Gasteiger partial charge in [0.1, 0.15) is 11.6 Å². The van der Waals surface area contributed by atoms with Crippen molar-refractivity contribution in [3.63, 3.8) is 0 Å². The number of fused-ring (bicyclic) bond motifs is 1. The number of rotatable bonds is 4. The Kier molecular flexibility index (Phi) is 3.33. The number of pyridine rings is 1. The van der Waals surface area contributed by atoms with Crippen molar-refractivity contribution in [2.45, 2.75) is 6.42 Å². The summed E-state index contributed by atoms with van der Waals surface area (Å²) < 4.78 is 26.0. The van der Waals surface area contributed by atoms with Gasteiger partial charge in [-0.2, -0.15) is 4.39 Å². The Balaban J connectivity index is 1.68. The molecule has 1 aromatic carbocycles. The molecule has 2 N–H and O–H groups in total. The van der Waals surface area contributed by atoms with Crippen LogP contribution in [0, 0.1) is 11.8 Å². The monoisotopic (exact) mass is 273 g/mol. The second kappa shape index (κ2) is 5.28. The van der Waals surface area contributed by atoms with Crippen LogP contribution < -0.4 is 5.32 Å². The molecule has 0 aliphatic heterocycles. The summed E-state index contributed by atoms with van der Waals surface area (Å²) in [6.45, 7) is 0.626. The highest BCUT2D eigenvalue weighted by molar-refractivity contribution is 5.83. The third-order valence-electron chi connectivity index (χ3n) is 3.15. The zero-order valence-electron chi connectivity index (χ0n) is 10.7. The van der Waals surface area contributed by atoms with E-state index >= 15 is 0 Å². The highest BCUT2D eigenvalue weighted by atomic mass is 19.1. The van der Waals surface area contributed by atoms with Crippen LogP contribution in [0.4, 0.5) is 14.6 Å². The SMILES string of the molecule is Fc1ccc2c(CCNc3cccc(F)n3)c[nH]c2c1. The summed E-state index contributed by atoms with van der Waals surface area (Å²) in [5.74, 6) is -0.249. The van der Waals surface area contributed by atoms with Crippen molar-refractivity contribution in [3.05, 3.63) is 59.9 Å². The van der Waals surface area contributed by atoms with E-state index < -0.39 is 5.95 Å². The Labute approximate surface area is 114 Å². The van der Waals surface area contributed by atoms with Gasteiger partial charge in [0, 0.05) is 23.6 Å². The number of benzene rings is 1. The van der Waals surface area contributed by atoms with E-state index in [2.05, 4.69) is 15.3 Å². The van der Waals surface area contributed by atoms with Crippen molar-refractivity contribution in [1.82, 2.24) is 9.97 Å². The number of hydrogen-bond acceptors (Lipinski definition) is 2. The van der Waals surface area contributed by atoms with Gasteiger partial charge in [-0.15, -0.1) is 0 Å². The molecule has 3 aromatic rings. The van der Waals surface area contributed by atoms with Gasteiger partial charge >= 0.3 is 0 Å². The molecule has 3 nitrogen and oxygen atoms in total. The van der Waals surface area contributed by atoms with Gasteiger partial charge in [-0.05, 0) is 42.3 Å². The highest BCUT2D eigenvalue weighted by Gasteiger charge is 2.04. The van der Waals surface area contributed by atoms with E-state index in [1.54, 1.807) is 18.2 Å². The molecule has 0 amide bonds. The first kappa shape index (κ1) is 12.6. The van der Waals surface area contributed by atoms with Crippen molar-refractivity contribution in [3.8, 4) is 0 Å². The molecule has 0 aliphatic rings. The lowest BCUT2D eigenvalue weighted by molar-refractivity contribution is 0.585. The standard InChI is InChI=1S/C15H13F2N3/c16-11-4-5-12-10(9-19-13(12)8-11)6-7-18-15-3-1-2-14(17)20-15/h1-5,8-9,19H,6-7H2,(H,18,20). The molecule has 102 valence electrons. The molecule has 0 fully saturated rings. The zero-order valence-corrected chi connectivity index (χ0v) is 10.7. The van der Waals surface area contributed by atoms with Gasteiger partial charge in [0.2, 0.25) is 5.95 Å². The maximum atomic E-state index is 13.1. The van der Waals surface area contributed by atoms with Crippen LogP contribution in [0.15, 0.2) is 42.6 Å².